The van der Waals surface area contributed by atoms with Crippen molar-refractivity contribution in [3.8, 4) is 0 Å². The molecule has 0 saturated carbocycles. The van der Waals surface area contributed by atoms with Crippen molar-refractivity contribution < 1.29 is 13.2 Å². The summed E-state index contributed by atoms with van der Waals surface area (Å²) in [6, 6.07) is 4.10. The van der Waals surface area contributed by atoms with Gasteiger partial charge in [-0.2, -0.15) is 22.5 Å². The highest BCUT2D eigenvalue weighted by Crippen LogP contribution is 2.29. The fraction of sp³-hybridized carbons (Fsp3) is 0.438. The molecule has 0 aromatic carbocycles. The summed E-state index contributed by atoms with van der Waals surface area (Å²) >= 11 is 0. The van der Waals surface area contributed by atoms with E-state index in [0.29, 0.717) is 12.1 Å². The van der Waals surface area contributed by atoms with Gasteiger partial charge in [-0.25, -0.2) is 0 Å². The lowest BCUT2D eigenvalue weighted by Crippen LogP contribution is -2.57. The molecule has 1 aliphatic rings. The summed E-state index contributed by atoms with van der Waals surface area (Å²) in [4.78, 5) is 16.8. The fourth-order valence-corrected chi connectivity index (χ4v) is 4.34. The van der Waals surface area contributed by atoms with Gasteiger partial charge >= 0.3 is 0 Å². The standard InChI is InChI=1S/C16H22N6O3S/c1-11-13(10-21(2)19-11)14-8-15(22(3)26(24,25)20-14)16(23)18-9-12-6-4-5-7-17-12/h4-7,10,14-15,20H,8-9H2,1-3H3,(H,18,23). The summed E-state index contributed by atoms with van der Waals surface area (Å²) in [6.07, 6.45) is 3.73. The zero-order valence-corrected chi connectivity index (χ0v) is 15.7. The molecule has 1 fully saturated rings. The predicted molar refractivity (Wildman–Crippen MR) is 95.0 cm³/mol. The fourth-order valence-electron chi connectivity index (χ4n) is 3.07. The number of hydrogen-bond acceptors (Lipinski definition) is 5. The van der Waals surface area contributed by atoms with Gasteiger partial charge in [-0.3, -0.25) is 14.5 Å². The highest BCUT2D eigenvalue weighted by Gasteiger charge is 2.41. The Hall–Kier alpha value is -2.30. The van der Waals surface area contributed by atoms with E-state index in [4.69, 9.17) is 0 Å². The summed E-state index contributed by atoms with van der Waals surface area (Å²) in [5, 5.41) is 7.03. The number of amides is 1. The number of likely N-dealkylation sites (N-methyl/N-ethyl adjacent to an activating group) is 1. The van der Waals surface area contributed by atoms with Gasteiger partial charge < -0.3 is 5.32 Å². The monoisotopic (exact) mass is 378 g/mol. The van der Waals surface area contributed by atoms with Gasteiger partial charge in [0.15, 0.2) is 0 Å². The van der Waals surface area contributed by atoms with Crippen LogP contribution in [0.5, 0.6) is 0 Å². The van der Waals surface area contributed by atoms with Crippen LogP contribution in [0.15, 0.2) is 30.6 Å². The Morgan fingerprint density at radius 2 is 2.15 bits per heavy atom. The van der Waals surface area contributed by atoms with Crippen LogP contribution in [0, 0.1) is 6.92 Å². The molecule has 9 nitrogen and oxygen atoms in total. The zero-order valence-electron chi connectivity index (χ0n) is 14.9. The molecule has 1 aliphatic heterocycles. The van der Waals surface area contributed by atoms with Gasteiger partial charge in [0.2, 0.25) is 5.91 Å². The molecule has 0 radical (unpaired) electrons. The molecular weight excluding hydrogens is 356 g/mol. The lowest BCUT2D eigenvalue weighted by molar-refractivity contribution is -0.125. The summed E-state index contributed by atoms with van der Waals surface area (Å²) in [5.74, 6) is -0.352. The van der Waals surface area contributed by atoms with Crippen LogP contribution in [0.1, 0.15) is 29.4 Å². The first kappa shape index (κ1) is 18.5. The molecule has 0 spiro atoms. The highest BCUT2D eigenvalue weighted by molar-refractivity contribution is 7.87. The zero-order chi connectivity index (χ0) is 18.9. The van der Waals surface area contributed by atoms with Gasteiger partial charge in [0, 0.05) is 32.1 Å². The van der Waals surface area contributed by atoms with Gasteiger partial charge in [0.1, 0.15) is 6.04 Å². The van der Waals surface area contributed by atoms with Crippen LogP contribution in [-0.2, 0) is 28.6 Å². The minimum Gasteiger partial charge on any atom is -0.349 e. The lowest BCUT2D eigenvalue weighted by atomic mass is 10.00. The van der Waals surface area contributed by atoms with Crippen molar-refractivity contribution in [2.24, 2.45) is 7.05 Å². The quantitative estimate of drug-likeness (QED) is 0.780. The first-order chi connectivity index (χ1) is 12.3. The van der Waals surface area contributed by atoms with Crippen LogP contribution < -0.4 is 10.0 Å². The van der Waals surface area contributed by atoms with Gasteiger partial charge in [-0.15, -0.1) is 0 Å². The number of carbonyl (C=O) groups excluding carboxylic acids is 1. The van der Waals surface area contributed by atoms with E-state index in [9.17, 15) is 13.2 Å². The maximum atomic E-state index is 12.6. The number of hydrogen-bond donors (Lipinski definition) is 2. The summed E-state index contributed by atoms with van der Waals surface area (Å²) < 4.78 is 30.3. The molecular formula is C16H22N6O3S. The van der Waals surface area contributed by atoms with E-state index in [0.717, 1.165) is 15.6 Å². The molecule has 2 aromatic heterocycles. The van der Waals surface area contributed by atoms with Gasteiger partial charge in [-0.05, 0) is 25.5 Å². The molecule has 3 rings (SSSR count). The van der Waals surface area contributed by atoms with Crippen molar-refractivity contribution in [1.82, 2.24) is 29.1 Å². The Balaban J connectivity index is 1.78. The van der Waals surface area contributed by atoms with Crippen LogP contribution in [0.25, 0.3) is 0 Å². The maximum Gasteiger partial charge on any atom is 0.280 e. The molecule has 1 saturated heterocycles. The van der Waals surface area contributed by atoms with Gasteiger partial charge in [-0.1, -0.05) is 6.07 Å². The second kappa shape index (κ2) is 7.14. The van der Waals surface area contributed by atoms with Crippen LogP contribution >= 0.6 is 0 Å². The predicted octanol–water partition coefficient (Wildman–Crippen LogP) is 0.0195. The Bertz CT molecular complexity index is 896. The lowest BCUT2D eigenvalue weighted by Gasteiger charge is -2.36. The smallest absolute Gasteiger partial charge is 0.280 e. The molecule has 2 N–H and O–H groups in total. The SMILES string of the molecule is Cc1nn(C)cc1C1CC(C(=O)NCc2ccccn2)N(C)S(=O)(=O)N1. The molecule has 26 heavy (non-hydrogen) atoms. The molecule has 3 heterocycles. The van der Waals surface area contributed by atoms with Crippen molar-refractivity contribution >= 4 is 16.1 Å². The second-order valence-electron chi connectivity index (χ2n) is 6.33. The van der Waals surface area contributed by atoms with Crippen LogP contribution in [0.4, 0.5) is 0 Å². The third kappa shape index (κ3) is 3.76. The molecule has 140 valence electrons. The van der Waals surface area contributed by atoms with Crippen LogP contribution in [-0.4, -0.2) is 46.5 Å². The number of pyridine rings is 1. The van der Waals surface area contributed by atoms with E-state index in [-0.39, 0.29) is 12.5 Å². The van der Waals surface area contributed by atoms with E-state index in [1.807, 2.05) is 13.0 Å². The molecule has 1 amide bonds. The largest absolute Gasteiger partial charge is 0.349 e. The van der Waals surface area contributed by atoms with Crippen LogP contribution in [0.2, 0.25) is 0 Å². The van der Waals surface area contributed by atoms with Crippen molar-refractivity contribution in [3.05, 3.63) is 47.5 Å². The summed E-state index contributed by atoms with van der Waals surface area (Å²) in [6.45, 7) is 2.06. The number of nitrogens with one attached hydrogen (secondary N) is 2. The van der Waals surface area contributed by atoms with E-state index in [1.165, 1.54) is 7.05 Å². The average Bonchev–Trinajstić information content (AvgIpc) is 2.94. The van der Waals surface area contributed by atoms with Crippen molar-refractivity contribution in [1.29, 1.82) is 0 Å². The Morgan fingerprint density at radius 3 is 2.77 bits per heavy atom. The van der Waals surface area contributed by atoms with E-state index in [1.54, 1.807) is 36.3 Å². The van der Waals surface area contributed by atoms with Gasteiger partial charge in [0.05, 0.1) is 24.0 Å². The molecule has 0 aliphatic carbocycles. The van der Waals surface area contributed by atoms with E-state index >= 15 is 0 Å². The maximum absolute atomic E-state index is 12.6. The number of aromatic nitrogens is 3. The first-order valence-electron chi connectivity index (χ1n) is 8.21. The molecule has 0 bridgehead atoms. The van der Waals surface area contributed by atoms with Crippen molar-refractivity contribution in [2.75, 3.05) is 7.05 Å². The minimum absolute atomic E-state index is 0.244. The highest BCUT2D eigenvalue weighted by atomic mass is 32.2. The molecule has 2 unspecified atom stereocenters. The van der Waals surface area contributed by atoms with Crippen LogP contribution in [0.3, 0.4) is 0 Å². The number of rotatable bonds is 4. The summed E-state index contributed by atoms with van der Waals surface area (Å²) in [7, 11) is -0.596. The Morgan fingerprint density at radius 1 is 1.38 bits per heavy atom. The normalized spacial score (nSPS) is 22.9. The number of nitrogens with zero attached hydrogens (tertiary/aromatic N) is 4. The average molecular weight is 378 g/mol. The van der Waals surface area contributed by atoms with Crippen molar-refractivity contribution in [3.63, 3.8) is 0 Å². The van der Waals surface area contributed by atoms with E-state index < -0.39 is 22.3 Å². The number of aryl methyl sites for hydroxylation is 2. The second-order valence-corrected chi connectivity index (χ2v) is 8.09. The van der Waals surface area contributed by atoms with Crippen molar-refractivity contribution in [2.45, 2.75) is 32.0 Å². The first-order valence-corrected chi connectivity index (χ1v) is 9.65. The molecule has 10 heteroatoms. The number of carbonyl (C=O) groups is 1. The third-order valence-electron chi connectivity index (χ3n) is 4.47. The Labute approximate surface area is 152 Å². The molecule has 2 atom stereocenters. The topological polar surface area (TPSA) is 109 Å². The minimum atomic E-state index is -3.77. The van der Waals surface area contributed by atoms with E-state index in [2.05, 4.69) is 20.1 Å². The molecule has 2 aromatic rings. The third-order valence-corrected chi connectivity index (χ3v) is 6.06. The van der Waals surface area contributed by atoms with Gasteiger partial charge in [0.25, 0.3) is 10.2 Å². The summed E-state index contributed by atoms with van der Waals surface area (Å²) in [5.41, 5.74) is 2.21. The Kier molecular flexibility index (Phi) is 5.08.